The van der Waals surface area contributed by atoms with Crippen molar-refractivity contribution in [2.75, 3.05) is 23.4 Å². The van der Waals surface area contributed by atoms with Crippen LogP contribution in [0, 0.1) is 5.41 Å². The highest BCUT2D eigenvalue weighted by atomic mass is 16.5. The molecule has 0 aliphatic carbocycles. The van der Waals surface area contributed by atoms with Crippen molar-refractivity contribution in [2.24, 2.45) is 5.41 Å². The number of carbonyl (C=O) groups excluding carboxylic acids is 2. The van der Waals surface area contributed by atoms with Crippen LogP contribution < -0.4 is 15.0 Å². The zero-order valence-corrected chi connectivity index (χ0v) is 13.2. The third kappa shape index (κ3) is 3.84. The molecule has 0 saturated carbocycles. The second-order valence-corrected chi connectivity index (χ2v) is 6.39. The molecule has 0 atom stereocenters. The van der Waals surface area contributed by atoms with Crippen molar-refractivity contribution in [1.29, 1.82) is 0 Å². The molecule has 1 aliphatic rings. The number of nitrogens with one attached hydrogen (secondary N) is 1. The van der Waals surface area contributed by atoms with E-state index in [-0.39, 0.29) is 23.8 Å². The number of nitrogens with zero attached hydrogens (tertiary/aromatic N) is 2. The molecule has 6 nitrogen and oxygen atoms in total. The summed E-state index contributed by atoms with van der Waals surface area (Å²) >= 11 is 0. The van der Waals surface area contributed by atoms with E-state index in [0.717, 1.165) is 0 Å². The van der Waals surface area contributed by atoms with Crippen molar-refractivity contribution >= 4 is 23.5 Å². The smallest absolute Gasteiger partial charge is 0.266 e. The van der Waals surface area contributed by atoms with Crippen molar-refractivity contribution < 1.29 is 14.3 Å². The van der Waals surface area contributed by atoms with E-state index in [2.05, 4.69) is 16.9 Å². The molecule has 1 N–H and O–H groups in total. The molecule has 2 amide bonds. The van der Waals surface area contributed by atoms with Gasteiger partial charge in [0.1, 0.15) is 5.82 Å². The van der Waals surface area contributed by atoms with Gasteiger partial charge in [-0.1, -0.05) is 26.8 Å². The van der Waals surface area contributed by atoms with Gasteiger partial charge in [0.25, 0.3) is 5.91 Å². The summed E-state index contributed by atoms with van der Waals surface area (Å²) in [4.78, 5) is 29.7. The van der Waals surface area contributed by atoms with E-state index in [9.17, 15) is 9.59 Å². The Morgan fingerprint density at radius 1 is 1.50 bits per heavy atom. The summed E-state index contributed by atoms with van der Waals surface area (Å²) in [6, 6.07) is 3.37. The average molecular weight is 303 g/mol. The quantitative estimate of drug-likeness (QED) is 0.867. The highest BCUT2D eigenvalue weighted by Gasteiger charge is 2.26. The summed E-state index contributed by atoms with van der Waals surface area (Å²) in [5.41, 5.74) is -0.105. The lowest BCUT2D eigenvalue weighted by Crippen LogP contribution is -2.39. The minimum atomic E-state index is -0.182. The Morgan fingerprint density at radius 3 is 2.86 bits per heavy atom. The van der Waals surface area contributed by atoms with Crippen LogP contribution in [0.5, 0.6) is 5.75 Å². The first-order valence-corrected chi connectivity index (χ1v) is 7.15. The molecule has 0 fully saturated rings. The number of pyridine rings is 1. The zero-order valence-electron chi connectivity index (χ0n) is 13.2. The normalized spacial score (nSPS) is 14.1. The van der Waals surface area contributed by atoms with Gasteiger partial charge in [0.05, 0.1) is 0 Å². The number of hydrogen-bond donors (Lipinski definition) is 1. The first-order valence-electron chi connectivity index (χ1n) is 7.15. The van der Waals surface area contributed by atoms with Gasteiger partial charge < -0.3 is 10.1 Å². The second kappa shape index (κ2) is 6.17. The first kappa shape index (κ1) is 16.0. The first-order chi connectivity index (χ1) is 10.3. The van der Waals surface area contributed by atoms with E-state index in [1.165, 1.54) is 4.90 Å². The molecule has 6 heteroatoms. The Bertz CT molecular complexity index is 605. The van der Waals surface area contributed by atoms with E-state index >= 15 is 0 Å². The molecule has 0 saturated heterocycles. The molecule has 2 rings (SSSR count). The van der Waals surface area contributed by atoms with Crippen LogP contribution in [-0.4, -0.2) is 29.9 Å². The largest absolute Gasteiger partial charge is 0.480 e. The van der Waals surface area contributed by atoms with Gasteiger partial charge in [-0.05, 0) is 17.5 Å². The van der Waals surface area contributed by atoms with E-state index in [0.29, 0.717) is 30.4 Å². The molecule has 1 aromatic heterocycles. The molecule has 0 bridgehead atoms. The lowest BCUT2D eigenvalue weighted by molar-refractivity contribution is -0.121. The molecular weight excluding hydrogens is 282 g/mol. The highest BCUT2D eigenvalue weighted by molar-refractivity contribution is 5.97. The number of fused-ring (bicyclic) bond motifs is 1. The van der Waals surface area contributed by atoms with Crippen LogP contribution in [0.3, 0.4) is 0 Å². The van der Waals surface area contributed by atoms with E-state index in [1.54, 1.807) is 18.2 Å². The van der Waals surface area contributed by atoms with Gasteiger partial charge in [-0.25, -0.2) is 4.98 Å². The van der Waals surface area contributed by atoms with Gasteiger partial charge in [-0.3, -0.25) is 14.5 Å². The Hall–Kier alpha value is -2.37. The van der Waals surface area contributed by atoms with Crippen LogP contribution in [-0.2, 0) is 9.59 Å². The predicted molar refractivity (Wildman–Crippen MR) is 85.0 cm³/mol. The number of aromatic nitrogens is 1. The minimum Gasteiger partial charge on any atom is -0.480 e. The van der Waals surface area contributed by atoms with E-state index in [4.69, 9.17) is 4.74 Å². The Morgan fingerprint density at radius 2 is 2.23 bits per heavy atom. The maximum absolute atomic E-state index is 12.0. The third-order valence-electron chi connectivity index (χ3n) is 3.02. The molecule has 0 unspecified atom stereocenters. The summed E-state index contributed by atoms with van der Waals surface area (Å²) in [6.07, 6.45) is 2.01. The standard InChI is InChI=1S/C16H21N3O3/c1-5-8-19-14(21)10-22-11-6-7-12(18-15(11)19)17-13(20)9-16(2,3)4/h5-7H,1,8-10H2,2-4H3,(H,17,18,20). The number of carbonyl (C=O) groups is 2. The van der Waals surface area contributed by atoms with Crippen molar-refractivity contribution in [2.45, 2.75) is 27.2 Å². The lowest BCUT2D eigenvalue weighted by atomic mass is 9.92. The molecule has 1 aromatic rings. The van der Waals surface area contributed by atoms with Crippen molar-refractivity contribution in [3.8, 4) is 5.75 Å². The molecule has 0 spiro atoms. The molecule has 118 valence electrons. The summed E-state index contributed by atoms with van der Waals surface area (Å²) in [6.45, 7) is 9.95. The third-order valence-corrected chi connectivity index (χ3v) is 3.02. The summed E-state index contributed by atoms with van der Waals surface area (Å²) < 4.78 is 5.35. The average Bonchev–Trinajstić information content (AvgIpc) is 2.40. The lowest BCUT2D eigenvalue weighted by Gasteiger charge is -2.27. The van der Waals surface area contributed by atoms with Gasteiger partial charge >= 0.3 is 0 Å². The minimum absolute atomic E-state index is 0.0156. The fourth-order valence-corrected chi connectivity index (χ4v) is 2.13. The van der Waals surface area contributed by atoms with Crippen LogP contribution in [0.15, 0.2) is 24.8 Å². The van der Waals surface area contributed by atoms with E-state index in [1.807, 2.05) is 20.8 Å². The Labute approximate surface area is 130 Å². The molecule has 1 aliphatic heterocycles. The fourth-order valence-electron chi connectivity index (χ4n) is 2.13. The molecule has 0 aromatic carbocycles. The van der Waals surface area contributed by atoms with Crippen LogP contribution >= 0.6 is 0 Å². The van der Waals surface area contributed by atoms with Crippen molar-refractivity contribution in [1.82, 2.24) is 4.98 Å². The SMILES string of the molecule is C=CCN1C(=O)COc2ccc(NC(=O)CC(C)(C)C)nc21. The van der Waals surface area contributed by atoms with E-state index < -0.39 is 0 Å². The van der Waals surface area contributed by atoms with Crippen molar-refractivity contribution in [3.05, 3.63) is 24.8 Å². The van der Waals surface area contributed by atoms with Gasteiger partial charge in [-0.2, -0.15) is 0 Å². The van der Waals surface area contributed by atoms with Crippen LogP contribution in [0.4, 0.5) is 11.6 Å². The molecule has 2 heterocycles. The molecule has 0 radical (unpaired) electrons. The Balaban J connectivity index is 2.21. The number of anilines is 2. The second-order valence-electron chi connectivity index (χ2n) is 6.39. The summed E-state index contributed by atoms with van der Waals surface area (Å²) in [5, 5.41) is 2.76. The van der Waals surface area contributed by atoms with Crippen LogP contribution in [0.25, 0.3) is 0 Å². The van der Waals surface area contributed by atoms with Gasteiger partial charge in [0.2, 0.25) is 5.91 Å². The van der Waals surface area contributed by atoms with Gasteiger partial charge in [0.15, 0.2) is 18.2 Å². The maximum atomic E-state index is 12.0. The summed E-state index contributed by atoms with van der Waals surface area (Å²) in [5.74, 6) is 1.04. The zero-order chi connectivity index (χ0) is 16.3. The monoisotopic (exact) mass is 303 g/mol. The number of rotatable bonds is 4. The van der Waals surface area contributed by atoms with Gasteiger partial charge in [-0.15, -0.1) is 6.58 Å². The number of amides is 2. The maximum Gasteiger partial charge on any atom is 0.266 e. The molecule has 22 heavy (non-hydrogen) atoms. The number of ether oxygens (including phenoxy) is 1. The van der Waals surface area contributed by atoms with Crippen LogP contribution in [0.2, 0.25) is 0 Å². The molecular formula is C16H21N3O3. The Kier molecular flexibility index (Phi) is 4.49. The topological polar surface area (TPSA) is 71.5 Å². The summed E-state index contributed by atoms with van der Waals surface area (Å²) in [7, 11) is 0. The number of hydrogen-bond acceptors (Lipinski definition) is 4. The highest BCUT2D eigenvalue weighted by Crippen LogP contribution is 2.31. The fraction of sp³-hybridized carbons (Fsp3) is 0.438. The van der Waals surface area contributed by atoms with Crippen LogP contribution in [0.1, 0.15) is 27.2 Å². The predicted octanol–water partition coefficient (Wildman–Crippen LogP) is 2.37. The van der Waals surface area contributed by atoms with Crippen molar-refractivity contribution in [3.63, 3.8) is 0 Å². The van der Waals surface area contributed by atoms with Gasteiger partial charge in [0, 0.05) is 13.0 Å².